The van der Waals surface area contributed by atoms with Crippen LogP contribution in [0.3, 0.4) is 0 Å². The smallest absolute Gasteiger partial charge is 0.264 e. The number of hydrogen-bond acceptors (Lipinski definition) is 3. The SMILES string of the molecule is C=CCCC[C@@H](CC=C)OS(C)(=O)=O. The van der Waals surface area contributed by atoms with Gasteiger partial charge < -0.3 is 0 Å². The van der Waals surface area contributed by atoms with E-state index in [9.17, 15) is 8.42 Å². The minimum atomic E-state index is -3.36. The van der Waals surface area contributed by atoms with Crippen molar-refractivity contribution in [2.45, 2.75) is 31.8 Å². The van der Waals surface area contributed by atoms with Gasteiger partial charge in [0.05, 0.1) is 12.4 Å². The number of hydrogen-bond donors (Lipinski definition) is 0. The summed E-state index contributed by atoms with van der Waals surface area (Å²) in [4.78, 5) is 0. The highest BCUT2D eigenvalue weighted by Crippen LogP contribution is 2.12. The molecule has 0 N–H and O–H groups in total. The second kappa shape index (κ2) is 6.79. The molecule has 0 fully saturated rings. The molecular weight excluding hydrogens is 200 g/mol. The van der Waals surface area contributed by atoms with E-state index in [2.05, 4.69) is 13.2 Å². The molecule has 0 rings (SSSR count). The molecule has 0 aliphatic carbocycles. The molecule has 0 aliphatic rings. The van der Waals surface area contributed by atoms with Gasteiger partial charge in [-0.3, -0.25) is 4.18 Å². The summed E-state index contributed by atoms with van der Waals surface area (Å²) in [7, 11) is -3.36. The van der Waals surface area contributed by atoms with Crippen LogP contribution < -0.4 is 0 Å². The zero-order chi connectivity index (χ0) is 11.0. The van der Waals surface area contributed by atoms with Crippen LogP contribution in [0.25, 0.3) is 0 Å². The second-order valence-electron chi connectivity index (χ2n) is 3.17. The van der Waals surface area contributed by atoms with E-state index in [1.54, 1.807) is 6.08 Å². The molecule has 0 bridgehead atoms. The van der Waals surface area contributed by atoms with Crippen molar-refractivity contribution in [3.05, 3.63) is 25.3 Å². The van der Waals surface area contributed by atoms with Crippen LogP contribution in [0, 0.1) is 0 Å². The molecular formula is C10H18O3S. The second-order valence-corrected chi connectivity index (χ2v) is 4.77. The summed E-state index contributed by atoms with van der Waals surface area (Å²) in [5.41, 5.74) is 0. The summed E-state index contributed by atoms with van der Waals surface area (Å²) in [6.45, 7) is 7.16. The molecule has 0 saturated heterocycles. The van der Waals surface area contributed by atoms with Crippen LogP contribution in [0.1, 0.15) is 25.7 Å². The molecule has 0 aliphatic heterocycles. The third-order valence-electron chi connectivity index (χ3n) is 1.67. The molecule has 0 heterocycles. The zero-order valence-electron chi connectivity index (χ0n) is 8.61. The van der Waals surface area contributed by atoms with Crippen LogP contribution in [0.4, 0.5) is 0 Å². The Morgan fingerprint density at radius 1 is 1.36 bits per heavy atom. The fourth-order valence-electron chi connectivity index (χ4n) is 1.13. The Kier molecular flexibility index (Phi) is 6.49. The molecule has 0 spiro atoms. The van der Waals surface area contributed by atoms with Crippen LogP contribution in [-0.2, 0) is 14.3 Å². The summed E-state index contributed by atoms with van der Waals surface area (Å²) in [6.07, 6.45) is 7.31. The average molecular weight is 218 g/mol. The lowest BCUT2D eigenvalue weighted by molar-refractivity contribution is 0.201. The van der Waals surface area contributed by atoms with Crippen molar-refractivity contribution >= 4 is 10.1 Å². The Labute approximate surface area is 86.6 Å². The Hall–Kier alpha value is -0.610. The maximum atomic E-state index is 10.9. The number of unbranched alkanes of at least 4 members (excludes halogenated alkanes) is 1. The molecule has 0 radical (unpaired) electrons. The standard InChI is InChI=1S/C10H18O3S/c1-4-6-7-9-10(8-5-2)13-14(3,11)12/h4-5,10H,1-2,6-9H2,3H3/t10-/m1/s1. The van der Waals surface area contributed by atoms with Crippen molar-refractivity contribution in [2.24, 2.45) is 0 Å². The van der Waals surface area contributed by atoms with E-state index in [0.717, 1.165) is 19.1 Å². The lowest BCUT2D eigenvalue weighted by Gasteiger charge is -2.13. The lowest BCUT2D eigenvalue weighted by Crippen LogP contribution is -2.16. The van der Waals surface area contributed by atoms with Crippen molar-refractivity contribution < 1.29 is 12.6 Å². The molecule has 4 heteroatoms. The highest BCUT2D eigenvalue weighted by atomic mass is 32.2. The molecule has 0 aromatic heterocycles. The topological polar surface area (TPSA) is 43.4 Å². The minimum Gasteiger partial charge on any atom is -0.267 e. The van der Waals surface area contributed by atoms with Crippen molar-refractivity contribution in [3.8, 4) is 0 Å². The maximum Gasteiger partial charge on any atom is 0.264 e. The summed E-state index contributed by atoms with van der Waals surface area (Å²) in [5.74, 6) is 0. The van der Waals surface area contributed by atoms with E-state index in [0.29, 0.717) is 12.8 Å². The van der Waals surface area contributed by atoms with Crippen molar-refractivity contribution in [1.82, 2.24) is 0 Å². The van der Waals surface area contributed by atoms with Gasteiger partial charge in [0, 0.05) is 0 Å². The van der Waals surface area contributed by atoms with Crippen LogP contribution in [0.2, 0.25) is 0 Å². The maximum absolute atomic E-state index is 10.9. The summed E-state index contributed by atoms with van der Waals surface area (Å²) in [5, 5.41) is 0. The monoisotopic (exact) mass is 218 g/mol. The van der Waals surface area contributed by atoms with Gasteiger partial charge in [0.25, 0.3) is 10.1 Å². The Morgan fingerprint density at radius 2 is 2.00 bits per heavy atom. The van der Waals surface area contributed by atoms with E-state index in [1.807, 2.05) is 6.08 Å². The zero-order valence-corrected chi connectivity index (χ0v) is 9.42. The number of allylic oxidation sites excluding steroid dienone is 1. The minimum absolute atomic E-state index is 0.276. The van der Waals surface area contributed by atoms with Gasteiger partial charge in [-0.15, -0.1) is 13.2 Å². The van der Waals surface area contributed by atoms with E-state index in [-0.39, 0.29) is 6.10 Å². The van der Waals surface area contributed by atoms with Gasteiger partial charge in [-0.2, -0.15) is 8.42 Å². The molecule has 0 amide bonds. The molecule has 82 valence electrons. The van der Waals surface area contributed by atoms with Crippen molar-refractivity contribution in [2.75, 3.05) is 6.26 Å². The van der Waals surface area contributed by atoms with Gasteiger partial charge in [0.1, 0.15) is 0 Å². The first-order valence-corrected chi connectivity index (χ1v) is 6.41. The van der Waals surface area contributed by atoms with Crippen LogP contribution in [-0.4, -0.2) is 20.8 Å². The van der Waals surface area contributed by atoms with Gasteiger partial charge in [-0.05, 0) is 25.7 Å². The first kappa shape index (κ1) is 13.4. The summed E-state index contributed by atoms with van der Waals surface area (Å²) >= 11 is 0. The molecule has 0 unspecified atom stereocenters. The first-order chi connectivity index (χ1) is 6.49. The van der Waals surface area contributed by atoms with Gasteiger partial charge in [0.2, 0.25) is 0 Å². The molecule has 0 aromatic rings. The highest BCUT2D eigenvalue weighted by molar-refractivity contribution is 7.86. The lowest BCUT2D eigenvalue weighted by atomic mass is 10.1. The Balaban J connectivity index is 4.01. The van der Waals surface area contributed by atoms with Gasteiger partial charge in [-0.1, -0.05) is 12.2 Å². The van der Waals surface area contributed by atoms with Gasteiger partial charge in [-0.25, -0.2) is 0 Å². The van der Waals surface area contributed by atoms with Crippen LogP contribution in [0.15, 0.2) is 25.3 Å². The van der Waals surface area contributed by atoms with Crippen molar-refractivity contribution in [1.29, 1.82) is 0 Å². The van der Waals surface area contributed by atoms with Gasteiger partial charge in [0.15, 0.2) is 0 Å². The van der Waals surface area contributed by atoms with E-state index in [4.69, 9.17) is 4.18 Å². The largest absolute Gasteiger partial charge is 0.267 e. The Bertz CT molecular complexity index is 267. The van der Waals surface area contributed by atoms with Crippen LogP contribution >= 0.6 is 0 Å². The molecule has 14 heavy (non-hydrogen) atoms. The average Bonchev–Trinajstić information content (AvgIpc) is 2.02. The van der Waals surface area contributed by atoms with E-state index in [1.165, 1.54) is 0 Å². The molecule has 3 nitrogen and oxygen atoms in total. The third kappa shape index (κ3) is 8.01. The first-order valence-electron chi connectivity index (χ1n) is 4.59. The Morgan fingerprint density at radius 3 is 2.43 bits per heavy atom. The van der Waals surface area contributed by atoms with Crippen molar-refractivity contribution in [3.63, 3.8) is 0 Å². The number of rotatable bonds is 8. The summed E-state index contributed by atoms with van der Waals surface area (Å²) < 4.78 is 26.6. The normalized spacial score (nSPS) is 13.5. The fourth-order valence-corrected chi connectivity index (χ4v) is 1.80. The predicted molar refractivity (Wildman–Crippen MR) is 58.6 cm³/mol. The van der Waals surface area contributed by atoms with Gasteiger partial charge >= 0.3 is 0 Å². The predicted octanol–water partition coefficient (Wildman–Crippen LogP) is 2.26. The van der Waals surface area contributed by atoms with E-state index >= 15 is 0 Å². The summed E-state index contributed by atoms with van der Waals surface area (Å²) in [6, 6.07) is 0. The van der Waals surface area contributed by atoms with Crippen LogP contribution in [0.5, 0.6) is 0 Å². The molecule has 0 saturated carbocycles. The molecule has 1 atom stereocenters. The third-order valence-corrected chi connectivity index (χ3v) is 2.30. The quantitative estimate of drug-likeness (QED) is 0.356. The fraction of sp³-hybridized carbons (Fsp3) is 0.600. The highest BCUT2D eigenvalue weighted by Gasteiger charge is 2.13. The molecule has 0 aromatic carbocycles. The van der Waals surface area contributed by atoms with E-state index < -0.39 is 10.1 Å².